The largest absolute Gasteiger partial charge is 0.492 e. The monoisotopic (exact) mass is 387 g/mol. The van der Waals surface area contributed by atoms with Gasteiger partial charge in [-0.2, -0.15) is 0 Å². The summed E-state index contributed by atoms with van der Waals surface area (Å²) in [4.78, 5) is 17.4. The van der Waals surface area contributed by atoms with Crippen LogP contribution in [0.15, 0.2) is 41.0 Å². The number of hydrogen-bond acceptors (Lipinski definition) is 3. The highest BCUT2D eigenvalue weighted by atomic mass is 79.9. The molecule has 0 aliphatic carbocycles. The van der Waals surface area contributed by atoms with Gasteiger partial charge in [-0.3, -0.25) is 9.20 Å². The molecule has 1 amide bonds. The molecule has 124 valence electrons. The Hall–Kier alpha value is -2.34. The predicted octanol–water partition coefficient (Wildman–Crippen LogP) is 4.36. The van der Waals surface area contributed by atoms with E-state index in [-0.39, 0.29) is 5.91 Å². The molecule has 3 rings (SSSR count). The van der Waals surface area contributed by atoms with Gasteiger partial charge in [0.2, 0.25) is 0 Å². The first-order chi connectivity index (χ1) is 11.5. The van der Waals surface area contributed by atoms with Crippen molar-refractivity contribution in [3.8, 4) is 5.75 Å². The highest BCUT2D eigenvalue weighted by Crippen LogP contribution is 2.26. The summed E-state index contributed by atoms with van der Waals surface area (Å²) in [6.45, 7) is 6.25. The lowest BCUT2D eigenvalue weighted by Gasteiger charge is -2.11. The van der Waals surface area contributed by atoms with Crippen LogP contribution in [0.2, 0.25) is 0 Å². The molecule has 2 aromatic heterocycles. The molecule has 3 aromatic rings. The lowest BCUT2D eigenvalue weighted by molar-refractivity contribution is 0.102. The summed E-state index contributed by atoms with van der Waals surface area (Å²) >= 11 is 3.47. The van der Waals surface area contributed by atoms with Gasteiger partial charge >= 0.3 is 0 Å². The van der Waals surface area contributed by atoms with E-state index in [0.717, 1.165) is 15.7 Å². The van der Waals surface area contributed by atoms with E-state index in [2.05, 4.69) is 26.2 Å². The molecule has 0 aliphatic rings. The number of anilines is 1. The number of pyridine rings is 1. The van der Waals surface area contributed by atoms with Gasteiger partial charge in [0, 0.05) is 10.7 Å². The molecule has 0 unspecified atom stereocenters. The van der Waals surface area contributed by atoms with Crippen molar-refractivity contribution in [2.24, 2.45) is 0 Å². The van der Waals surface area contributed by atoms with Gasteiger partial charge in [-0.15, -0.1) is 0 Å². The van der Waals surface area contributed by atoms with Gasteiger partial charge in [0.25, 0.3) is 5.91 Å². The Morgan fingerprint density at radius 1 is 1.33 bits per heavy atom. The van der Waals surface area contributed by atoms with Gasteiger partial charge in [0.1, 0.15) is 17.1 Å². The number of para-hydroxylation sites is 2. The Balaban J connectivity index is 2.02. The highest BCUT2D eigenvalue weighted by molar-refractivity contribution is 9.10. The first-order valence-corrected chi connectivity index (χ1v) is 8.48. The molecule has 0 spiro atoms. The van der Waals surface area contributed by atoms with E-state index in [4.69, 9.17) is 4.74 Å². The molecule has 1 aromatic carbocycles. The second-order valence-corrected chi connectivity index (χ2v) is 6.38. The third kappa shape index (κ3) is 3.01. The molecule has 0 saturated heterocycles. The molecular formula is C18H18BrN3O2. The topological polar surface area (TPSA) is 55.6 Å². The van der Waals surface area contributed by atoms with Gasteiger partial charge < -0.3 is 10.1 Å². The molecule has 0 radical (unpaired) electrons. The molecule has 2 heterocycles. The Morgan fingerprint density at radius 3 is 2.83 bits per heavy atom. The maximum Gasteiger partial charge on any atom is 0.274 e. The third-order valence-corrected chi connectivity index (χ3v) is 4.13. The zero-order chi connectivity index (χ0) is 17.3. The Bertz CT molecular complexity index is 918. The summed E-state index contributed by atoms with van der Waals surface area (Å²) < 4.78 is 8.28. The summed E-state index contributed by atoms with van der Waals surface area (Å²) in [5.41, 5.74) is 3.62. The molecule has 0 fully saturated rings. The van der Waals surface area contributed by atoms with Crippen molar-refractivity contribution >= 4 is 33.2 Å². The number of aromatic nitrogens is 2. The standard InChI is InChI=1S/C18H18BrN3O2/c1-4-24-15-8-6-5-7-14(15)21-18(23)16-12(3)20-17-11(2)9-13(19)10-22(16)17/h5-10H,4H2,1-3H3,(H,21,23). The van der Waals surface area contributed by atoms with E-state index in [1.807, 2.05) is 61.7 Å². The third-order valence-electron chi connectivity index (χ3n) is 3.70. The van der Waals surface area contributed by atoms with E-state index in [9.17, 15) is 4.79 Å². The van der Waals surface area contributed by atoms with Gasteiger partial charge in [-0.1, -0.05) is 12.1 Å². The number of nitrogens with zero attached hydrogens (tertiary/aromatic N) is 2. The van der Waals surface area contributed by atoms with Crippen molar-refractivity contribution in [1.29, 1.82) is 0 Å². The van der Waals surface area contributed by atoms with Crippen LogP contribution in [0.25, 0.3) is 5.65 Å². The van der Waals surface area contributed by atoms with Crippen LogP contribution in [-0.4, -0.2) is 21.9 Å². The van der Waals surface area contributed by atoms with Crippen molar-refractivity contribution in [1.82, 2.24) is 9.38 Å². The smallest absolute Gasteiger partial charge is 0.274 e. The number of fused-ring (bicyclic) bond motifs is 1. The maximum atomic E-state index is 12.8. The van der Waals surface area contributed by atoms with Crippen LogP contribution >= 0.6 is 15.9 Å². The van der Waals surface area contributed by atoms with Crippen LogP contribution < -0.4 is 10.1 Å². The summed E-state index contributed by atoms with van der Waals surface area (Å²) in [5, 5.41) is 2.93. The van der Waals surface area contributed by atoms with Crippen molar-refractivity contribution in [2.45, 2.75) is 20.8 Å². The lowest BCUT2D eigenvalue weighted by Crippen LogP contribution is -2.16. The Morgan fingerprint density at radius 2 is 2.08 bits per heavy atom. The van der Waals surface area contributed by atoms with Crippen LogP contribution in [0.3, 0.4) is 0 Å². The fourth-order valence-electron chi connectivity index (χ4n) is 2.69. The van der Waals surface area contributed by atoms with Crippen LogP contribution in [-0.2, 0) is 0 Å². The van der Waals surface area contributed by atoms with Crippen molar-refractivity contribution < 1.29 is 9.53 Å². The summed E-state index contributed by atoms with van der Waals surface area (Å²) in [5.74, 6) is 0.432. The minimum absolute atomic E-state index is 0.218. The van der Waals surface area contributed by atoms with Crippen molar-refractivity contribution in [2.75, 3.05) is 11.9 Å². The summed E-state index contributed by atoms with van der Waals surface area (Å²) in [7, 11) is 0. The molecule has 5 nitrogen and oxygen atoms in total. The van der Waals surface area contributed by atoms with E-state index >= 15 is 0 Å². The van der Waals surface area contributed by atoms with Crippen molar-refractivity contribution in [3.05, 3.63) is 58.0 Å². The Labute approximate surface area is 148 Å². The number of benzene rings is 1. The summed E-state index contributed by atoms with van der Waals surface area (Å²) in [6.07, 6.45) is 1.85. The van der Waals surface area contributed by atoms with Crippen LogP contribution in [0.5, 0.6) is 5.75 Å². The normalized spacial score (nSPS) is 10.8. The fourth-order valence-corrected chi connectivity index (χ4v) is 3.24. The first-order valence-electron chi connectivity index (χ1n) is 7.69. The molecule has 24 heavy (non-hydrogen) atoms. The van der Waals surface area contributed by atoms with Gasteiger partial charge in [0.15, 0.2) is 0 Å². The maximum absolute atomic E-state index is 12.8. The van der Waals surface area contributed by atoms with E-state index in [0.29, 0.717) is 29.4 Å². The average molecular weight is 388 g/mol. The molecule has 1 N–H and O–H groups in total. The number of hydrogen-bond donors (Lipinski definition) is 1. The average Bonchev–Trinajstić information content (AvgIpc) is 2.86. The minimum atomic E-state index is -0.218. The minimum Gasteiger partial charge on any atom is -0.492 e. The SMILES string of the molecule is CCOc1ccccc1NC(=O)c1c(C)nc2c(C)cc(Br)cn12. The molecule has 0 atom stereocenters. The van der Waals surface area contributed by atoms with E-state index in [1.54, 1.807) is 0 Å². The number of nitrogens with one attached hydrogen (secondary N) is 1. The second kappa shape index (κ2) is 6.65. The number of halogens is 1. The Kier molecular flexibility index (Phi) is 4.57. The van der Waals surface area contributed by atoms with Crippen LogP contribution in [0.1, 0.15) is 28.7 Å². The van der Waals surface area contributed by atoms with Crippen LogP contribution in [0, 0.1) is 13.8 Å². The van der Waals surface area contributed by atoms with Gasteiger partial charge in [-0.05, 0) is 60.5 Å². The highest BCUT2D eigenvalue weighted by Gasteiger charge is 2.19. The fraction of sp³-hybridized carbons (Fsp3) is 0.222. The van der Waals surface area contributed by atoms with E-state index in [1.165, 1.54) is 0 Å². The van der Waals surface area contributed by atoms with Gasteiger partial charge in [0.05, 0.1) is 18.0 Å². The second-order valence-electron chi connectivity index (χ2n) is 5.46. The lowest BCUT2D eigenvalue weighted by atomic mass is 10.2. The summed E-state index contributed by atoms with van der Waals surface area (Å²) in [6, 6.07) is 9.37. The van der Waals surface area contributed by atoms with Crippen molar-refractivity contribution in [3.63, 3.8) is 0 Å². The predicted molar refractivity (Wildman–Crippen MR) is 97.9 cm³/mol. The molecule has 0 saturated carbocycles. The number of carbonyl (C=O) groups is 1. The number of aryl methyl sites for hydroxylation is 2. The molecule has 0 bridgehead atoms. The number of imidazole rings is 1. The molecule has 6 heteroatoms. The number of ether oxygens (including phenoxy) is 1. The zero-order valence-electron chi connectivity index (χ0n) is 13.8. The van der Waals surface area contributed by atoms with E-state index < -0.39 is 0 Å². The number of amides is 1. The quantitative estimate of drug-likeness (QED) is 0.723. The number of rotatable bonds is 4. The first kappa shape index (κ1) is 16.5. The van der Waals surface area contributed by atoms with Gasteiger partial charge in [-0.25, -0.2) is 4.98 Å². The molecular weight excluding hydrogens is 370 g/mol. The van der Waals surface area contributed by atoms with Crippen LogP contribution in [0.4, 0.5) is 5.69 Å². The zero-order valence-corrected chi connectivity index (χ0v) is 15.3. The number of carbonyl (C=O) groups excluding carboxylic acids is 1. The molecule has 0 aliphatic heterocycles.